The van der Waals surface area contributed by atoms with Crippen LogP contribution in [0.4, 0.5) is 0 Å². The van der Waals surface area contributed by atoms with E-state index in [1.807, 2.05) is 27.7 Å². The van der Waals surface area contributed by atoms with Gasteiger partial charge in [-0.2, -0.15) is 0 Å². The van der Waals surface area contributed by atoms with E-state index in [1.165, 1.54) is 27.8 Å². The standard InChI is InChI=1S/C22H31NO.2C2H6/c1-6-21-20(13-14-24-5)15-23(4)16-22(21)18(3)11-12-19-10-8-7-9-17(19)2;2*1-2/h6-10,13,22H,3,11-12,14-16H2,1-2,4-5H3;2*1-2H3/b20-13-,21-6+;;/t22-;;/m0../s1. The lowest BCUT2D eigenvalue weighted by molar-refractivity contribution is 0.231. The number of rotatable bonds is 6. The van der Waals surface area contributed by atoms with Gasteiger partial charge in [0.15, 0.2) is 0 Å². The molecule has 1 aromatic rings. The Morgan fingerprint density at radius 3 is 2.43 bits per heavy atom. The van der Waals surface area contributed by atoms with Gasteiger partial charge in [-0.15, -0.1) is 0 Å². The van der Waals surface area contributed by atoms with Crippen LogP contribution < -0.4 is 0 Å². The van der Waals surface area contributed by atoms with Gasteiger partial charge in [0.2, 0.25) is 0 Å². The number of aryl methyl sites for hydroxylation is 2. The smallest absolute Gasteiger partial charge is 0.0649 e. The first kappa shape index (κ1) is 26.4. The molecule has 0 bridgehead atoms. The number of nitrogens with zero attached hydrogens (tertiary/aromatic N) is 1. The van der Waals surface area contributed by atoms with Crippen molar-refractivity contribution in [3.05, 3.63) is 70.8 Å². The molecule has 0 unspecified atom stereocenters. The maximum atomic E-state index is 5.24. The summed E-state index contributed by atoms with van der Waals surface area (Å²) in [6, 6.07) is 8.66. The van der Waals surface area contributed by atoms with Gasteiger partial charge >= 0.3 is 0 Å². The first-order valence-electron chi connectivity index (χ1n) is 10.8. The maximum Gasteiger partial charge on any atom is 0.0649 e. The van der Waals surface area contributed by atoms with E-state index < -0.39 is 0 Å². The van der Waals surface area contributed by atoms with E-state index in [1.54, 1.807) is 7.11 Å². The van der Waals surface area contributed by atoms with Crippen LogP contribution in [0.3, 0.4) is 0 Å². The van der Waals surface area contributed by atoms with E-state index in [0.717, 1.165) is 25.9 Å². The molecule has 0 aliphatic carbocycles. The predicted molar refractivity (Wildman–Crippen MR) is 126 cm³/mol. The Kier molecular flexibility index (Phi) is 14.4. The molecule has 28 heavy (non-hydrogen) atoms. The summed E-state index contributed by atoms with van der Waals surface area (Å²) in [7, 11) is 3.94. The molecule has 1 saturated heterocycles. The highest BCUT2D eigenvalue weighted by Crippen LogP contribution is 2.33. The monoisotopic (exact) mass is 385 g/mol. The van der Waals surface area contributed by atoms with E-state index in [0.29, 0.717) is 12.5 Å². The highest BCUT2D eigenvalue weighted by Gasteiger charge is 2.27. The van der Waals surface area contributed by atoms with Crippen molar-refractivity contribution in [2.75, 3.05) is 33.9 Å². The average Bonchev–Trinajstić information content (AvgIpc) is 2.73. The lowest BCUT2D eigenvalue weighted by Gasteiger charge is -2.36. The quantitative estimate of drug-likeness (QED) is 0.510. The molecule has 1 aromatic carbocycles. The second-order valence-corrected chi connectivity index (χ2v) is 6.76. The first-order valence-corrected chi connectivity index (χ1v) is 10.8. The summed E-state index contributed by atoms with van der Waals surface area (Å²) < 4.78 is 5.24. The Morgan fingerprint density at radius 2 is 1.86 bits per heavy atom. The highest BCUT2D eigenvalue weighted by molar-refractivity contribution is 5.41. The highest BCUT2D eigenvalue weighted by atomic mass is 16.5. The van der Waals surface area contributed by atoms with E-state index in [9.17, 15) is 0 Å². The second-order valence-electron chi connectivity index (χ2n) is 6.76. The Morgan fingerprint density at radius 1 is 1.21 bits per heavy atom. The fourth-order valence-electron chi connectivity index (χ4n) is 3.54. The molecule has 1 fully saturated rings. The lowest BCUT2D eigenvalue weighted by atomic mass is 9.81. The van der Waals surface area contributed by atoms with Gasteiger partial charge in [-0.25, -0.2) is 0 Å². The van der Waals surface area contributed by atoms with E-state index >= 15 is 0 Å². The molecular formula is C26H43NO. The number of likely N-dealkylation sites (N-methyl/N-ethyl adjacent to an activating group) is 1. The maximum absolute atomic E-state index is 5.24. The third-order valence-electron chi connectivity index (χ3n) is 4.96. The van der Waals surface area contributed by atoms with E-state index in [-0.39, 0.29) is 0 Å². The minimum absolute atomic E-state index is 0.417. The Bertz CT molecular complexity index is 627. The fourth-order valence-corrected chi connectivity index (χ4v) is 3.54. The Hall–Kier alpha value is -1.64. The van der Waals surface area contributed by atoms with Crippen molar-refractivity contribution in [2.24, 2.45) is 5.92 Å². The molecule has 2 nitrogen and oxygen atoms in total. The molecule has 158 valence electrons. The van der Waals surface area contributed by atoms with Crippen LogP contribution in [0.2, 0.25) is 0 Å². The number of hydrogen-bond donors (Lipinski definition) is 0. The van der Waals surface area contributed by atoms with Gasteiger partial charge in [-0.1, -0.05) is 76.3 Å². The van der Waals surface area contributed by atoms with Crippen LogP contribution in [0.25, 0.3) is 0 Å². The number of allylic oxidation sites excluding steroid dienone is 1. The molecule has 2 rings (SSSR count). The van der Waals surface area contributed by atoms with Crippen molar-refractivity contribution in [1.29, 1.82) is 0 Å². The number of piperidine rings is 1. The minimum atomic E-state index is 0.417. The van der Waals surface area contributed by atoms with Crippen molar-refractivity contribution >= 4 is 0 Å². The van der Waals surface area contributed by atoms with Crippen LogP contribution >= 0.6 is 0 Å². The fraction of sp³-hybridized carbons (Fsp3) is 0.538. The number of benzene rings is 1. The SMILES string of the molecule is C=C(CCc1ccccc1C)[C@@H]1CN(C)CC(=C/COC)/C1=C\C.CC.CC. The summed E-state index contributed by atoms with van der Waals surface area (Å²) in [4.78, 5) is 2.39. The largest absolute Gasteiger partial charge is 0.381 e. The average molecular weight is 386 g/mol. The second kappa shape index (κ2) is 15.3. The number of likely N-dealkylation sites (tertiary alicyclic amines) is 1. The molecule has 2 heteroatoms. The first-order chi connectivity index (χ1) is 13.6. The van der Waals surface area contributed by atoms with Gasteiger partial charge in [0.05, 0.1) is 6.61 Å². The molecule has 0 amide bonds. The molecule has 0 radical (unpaired) electrons. The van der Waals surface area contributed by atoms with Crippen LogP contribution in [0.1, 0.15) is 52.2 Å². The molecule has 0 N–H and O–H groups in total. The van der Waals surface area contributed by atoms with Crippen molar-refractivity contribution < 1.29 is 4.74 Å². The summed E-state index contributed by atoms with van der Waals surface area (Å²) in [5, 5.41) is 0. The summed E-state index contributed by atoms with van der Waals surface area (Å²) in [6.45, 7) is 19.5. The third-order valence-corrected chi connectivity index (χ3v) is 4.96. The van der Waals surface area contributed by atoms with Gasteiger partial charge in [0.1, 0.15) is 0 Å². The van der Waals surface area contributed by atoms with E-state index in [2.05, 4.69) is 68.8 Å². The molecule has 0 saturated carbocycles. The van der Waals surface area contributed by atoms with Crippen LogP contribution in [0, 0.1) is 12.8 Å². The summed E-state index contributed by atoms with van der Waals surface area (Å²) in [5.74, 6) is 0.417. The lowest BCUT2D eigenvalue weighted by Crippen LogP contribution is -2.36. The molecule has 1 atom stereocenters. The van der Waals surface area contributed by atoms with Crippen molar-refractivity contribution in [1.82, 2.24) is 4.90 Å². The number of methoxy groups -OCH3 is 1. The van der Waals surface area contributed by atoms with Crippen LogP contribution in [0.15, 0.2) is 59.7 Å². The molecular weight excluding hydrogens is 342 g/mol. The molecule has 1 aliphatic rings. The predicted octanol–water partition coefficient (Wildman–Crippen LogP) is 6.62. The van der Waals surface area contributed by atoms with E-state index in [4.69, 9.17) is 4.74 Å². The van der Waals surface area contributed by atoms with Gasteiger partial charge in [-0.05, 0) is 56.0 Å². The normalized spacial score (nSPS) is 19.5. The third kappa shape index (κ3) is 8.16. The summed E-state index contributed by atoms with van der Waals surface area (Å²) in [6.07, 6.45) is 6.59. The Labute approximate surface area is 175 Å². The van der Waals surface area contributed by atoms with Crippen molar-refractivity contribution in [2.45, 2.75) is 54.4 Å². The van der Waals surface area contributed by atoms with Crippen LogP contribution in [-0.4, -0.2) is 38.8 Å². The topological polar surface area (TPSA) is 12.5 Å². The van der Waals surface area contributed by atoms with Crippen molar-refractivity contribution in [3.63, 3.8) is 0 Å². The van der Waals surface area contributed by atoms with Gasteiger partial charge in [0, 0.05) is 26.1 Å². The summed E-state index contributed by atoms with van der Waals surface area (Å²) in [5.41, 5.74) is 6.95. The number of ether oxygens (including phenoxy) is 1. The van der Waals surface area contributed by atoms with Crippen LogP contribution in [-0.2, 0) is 11.2 Å². The van der Waals surface area contributed by atoms with Gasteiger partial charge < -0.3 is 9.64 Å². The zero-order chi connectivity index (χ0) is 21.5. The molecule has 1 heterocycles. The summed E-state index contributed by atoms with van der Waals surface area (Å²) >= 11 is 0. The van der Waals surface area contributed by atoms with Gasteiger partial charge in [-0.3, -0.25) is 0 Å². The zero-order valence-electron chi connectivity index (χ0n) is 19.6. The molecule has 1 aliphatic heterocycles. The number of hydrogen-bond acceptors (Lipinski definition) is 2. The minimum Gasteiger partial charge on any atom is -0.381 e. The molecule has 0 aromatic heterocycles. The Balaban J connectivity index is 0.00000171. The van der Waals surface area contributed by atoms with Crippen molar-refractivity contribution in [3.8, 4) is 0 Å². The van der Waals surface area contributed by atoms with Gasteiger partial charge in [0.25, 0.3) is 0 Å². The van der Waals surface area contributed by atoms with Crippen LogP contribution in [0.5, 0.6) is 0 Å². The molecule has 0 spiro atoms. The zero-order valence-corrected chi connectivity index (χ0v) is 19.6.